The molecule has 0 aliphatic rings. The van der Waals surface area contributed by atoms with Crippen LogP contribution < -0.4 is 10.1 Å². The van der Waals surface area contributed by atoms with Crippen molar-refractivity contribution in [2.45, 2.75) is 52.1 Å². The van der Waals surface area contributed by atoms with E-state index < -0.39 is 13.3 Å². The highest BCUT2D eigenvalue weighted by Gasteiger charge is 2.25. The van der Waals surface area contributed by atoms with Gasteiger partial charge in [-0.05, 0) is 37.0 Å². The fourth-order valence-corrected chi connectivity index (χ4v) is 3.92. The molecule has 2 atom stereocenters. The van der Waals surface area contributed by atoms with Crippen molar-refractivity contribution in [3.05, 3.63) is 39.9 Å². The van der Waals surface area contributed by atoms with Crippen LogP contribution in [0.2, 0.25) is 10.0 Å². The number of ether oxygens (including phenoxy) is 1. The molecule has 0 heterocycles. The summed E-state index contributed by atoms with van der Waals surface area (Å²) >= 11 is 12.4. The van der Waals surface area contributed by atoms with Crippen LogP contribution in [0.4, 0.5) is 0 Å². The number of nitrogens with one attached hydrogen (secondary N) is 1. The summed E-state index contributed by atoms with van der Waals surface area (Å²) in [7, 11) is -3.66. The topological polar surface area (TPSA) is 122 Å². The zero-order chi connectivity index (χ0) is 25.9. The second kappa shape index (κ2) is 14.9. The fourth-order valence-electron chi connectivity index (χ4n) is 2.74. The molecule has 0 fully saturated rings. The summed E-state index contributed by atoms with van der Waals surface area (Å²) in [4.78, 5) is 34.0. The van der Waals surface area contributed by atoms with Crippen molar-refractivity contribution < 1.29 is 33.4 Å². The number of allylic oxidation sites excluding steroid dienone is 1. The minimum Gasteiger partial charge on any atom is -0.482 e. The highest BCUT2D eigenvalue weighted by atomic mass is 35.5. The summed E-state index contributed by atoms with van der Waals surface area (Å²) in [5, 5.41) is 12.2. The summed E-state index contributed by atoms with van der Waals surface area (Å²) in [6.45, 7) is 8.69. The van der Waals surface area contributed by atoms with Gasteiger partial charge in [-0.1, -0.05) is 57.0 Å². The summed E-state index contributed by atoms with van der Waals surface area (Å²) < 4.78 is 22.4. The number of Topliss-reactive ketones (excluding diaryl/α,β-unsaturated/α-hetero) is 1. The molecular formula is C23H34Cl2NO7P. The Labute approximate surface area is 211 Å². The lowest BCUT2D eigenvalue weighted by atomic mass is 10.0. The molecule has 1 aromatic carbocycles. The fraction of sp³-hybridized carbons (Fsp3) is 0.565. The average molecular weight is 538 g/mol. The van der Waals surface area contributed by atoms with E-state index >= 15 is 0 Å². The van der Waals surface area contributed by atoms with Crippen LogP contribution >= 0.6 is 30.8 Å². The van der Waals surface area contributed by atoms with Gasteiger partial charge in [0, 0.05) is 24.6 Å². The molecule has 34 heavy (non-hydrogen) atoms. The molecule has 2 unspecified atom stereocenters. The molecule has 192 valence electrons. The lowest BCUT2D eigenvalue weighted by molar-refractivity contribution is -0.123. The molecule has 0 aromatic heterocycles. The van der Waals surface area contributed by atoms with Gasteiger partial charge in [-0.2, -0.15) is 0 Å². The van der Waals surface area contributed by atoms with Crippen LogP contribution in [0.15, 0.2) is 24.3 Å². The number of aliphatic hydroxyl groups excluding tert-OH is 1. The van der Waals surface area contributed by atoms with Crippen LogP contribution in [0.25, 0.3) is 0 Å². The molecular weight excluding hydrogens is 504 g/mol. The van der Waals surface area contributed by atoms with Crippen molar-refractivity contribution in [1.82, 2.24) is 5.32 Å². The van der Waals surface area contributed by atoms with Crippen LogP contribution in [0.1, 0.15) is 56.8 Å². The molecule has 0 aliphatic heterocycles. The average Bonchev–Trinajstić information content (AvgIpc) is 2.80. The largest absolute Gasteiger partial charge is 0.482 e. The van der Waals surface area contributed by atoms with Crippen LogP contribution in [0, 0.1) is 5.92 Å². The Hall–Kier alpha value is -1.41. The van der Waals surface area contributed by atoms with Gasteiger partial charge in [0.2, 0.25) is 0 Å². The van der Waals surface area contributed by atoms with E-state index in [1.165, 1.54) is 12.1 Å². The van der Waals surface area contributed by atoms with E-state index in [0.29, 0.717) is 37.8 Å². The second-order valence-corrected chi connectivity index (χ2v) is 11.3. The number of benzene rings is 1. The smallest absolute Gasteiger partial charge is 0.330 e. The van der Waals surface area contributed by atoms with Gasteiger partial charge in [-0.3, -0.25) is 14.2 Å². The van der Waals surface area contributed by atoms with E-state index in [2.05, 4.69) is 11.9 Å². The van der Waals surface area contributed by atoms with Gasteiger partial charge < -0.3 is 24.6 Å². The van der Waals surface area contributed by atoms with Crippen molar-refractivity contribution >= 4 is 42.5 Å². The number of amides is 1. The first-order valence-electron chi connectivity index (χ1n) is 11.1. The number of halogens is 2. The molecule has 1 amide bonds. The molecule has 0 saturated heterocycles. The van der Waals surface area contributed by atoms with Crippen molar-refractivity contribution in [2.75, 3.05) is 26.4 Å². The third-order valence-corrected chi connectivity index (χ3v) is 7.85. The van der Waals surface area contributed by atoms with Crippen molar-refractivity contribution in [1.29, 1.82) is 0 Å². The first kappa shape index (κ1) is 30.6. The van der Waals surface area contributed by atoms with Crippen LogP contribution in [0.3, 0.4) is 0 Å². The third-order valence-electron chi connectivity index (χ3n) is 5.17. The number of carbonyl (C=O) groups is 2. The number of hydrogen-bond donors (Lipinski definition) is 3. The van der Waals surface area contributed by atoms with Crippen molar-refractivity contribution in [3.63, 3.8) is 0 Å². The lowest BCUT2D eigenvalue weighted by Crippen LogP contribution is -2.29. The molecule has 3 N–H and O–H groups in total. The second-order valence-electron chi connectivity index (χ2n) is 8.16. The van der Waals surface area contributed by atoms with Gasteiger partial charge in [-0.15, -0.1) is 0 Å². The van der Waals surface area contributed by atoms with Crippen LogP contribution in [-0.2, 0) is 13.9 Å². The first-order chi connectivity index (χ1) is 15.9. The Morgan fingerprint density at radius 3 is 2.47 bits per heavy atom. The van der Waals surface area contributed by atoms with Gasteiger partial charge in [0.15, 0.2) is 12.4 Å². The van der Waals surface area contributed by atoms with Gasteiger partial charge in [-0.25, -0.2) is 0 Å². The highest BCUT2D eigenvalue weighted by Crippen LogP contribution is 2.47. The molecule has 11 heteroatoms. The Morgan fingerprint density at radius 1 is 1.21 bits per heavy atom. The van der Waals surface area contributed by atoms with E-state index in [0.717, 1.165) is 0 Å². The predicted octanol–water partition coefficient (Wildman–Crippen LogP) is 5.03. The van der Waals surface area contributed by atoms with E-state index in [1.807, 2.05) is 6.92 Å². The molecule has 0 aliphatic carbocycles. The van der Waals surface area contributed by atoms with Gasteiger partial charge in [0.05, 0.1) is 17.3 Å². The normalized spacial score (nSPS) is 13.9. The van der Waals surface area contributed by atoms with Crippen molar-refractivity contribution in [2.24, 2.45) is 5.92 Å². The highest BCUT2D eigenvalue weighted by molar-refractivity contribution is 7.53. The third kappa shape index (κ3) is 9.68. The maximum absolute atomic E-state index is 12.3. The van der Waals surface area contributed by atoms with E-state index in [-0.39, 0.29) is 58.8 Å². The van der Waals surface area contributed by atoms with Gasteiger partial charge in [0.1, 0.15) is 10.8 Å². The Bertz CT molecular complexity index is 908. The van der Waals surface area contributed by atoms with E-state index in [4.69, 9.17) is 32.5 Å². The van der Waals surface area contributed by atoms with Crippen LogP contribution in [-0.4, -0.2) is 53.7 Å². The maximum Gasteiger partial charge on any atom is 0.330 e. The van der Waals surface area contributed by atoms with Crippen LogP contribution in [0.5, 0.6) is 5.75 Å². The lowest BCUT2D eigenvalue weighted by Gasteiger charge is -2.19. The van der Waals surface area contributed by atoms with E-state index in [9.17, 15) is 24.2 Å². The first-order valence-corrected chi connectivity index (χ1v) is 13.5. The number of rotatable bonds is 16. The molecule has 1 aromatic rings. The summed E-state index contributed by atoms with van der Waals surface area (Å²) in [6.07, 6.45) is 2.41. The SMILES string of the molecule is C=C(CC)C(=O)c1ccc(OCC(=O)NCCCCC(CO)COP(=O)(O)C(C)C)c(Cl)c1Cl. The summed E-state index contributed by atoms with van der Waals surface area (Å²) in [6, 6.07) is 2.97. The molecule has 0 bridgehead atoms. The Balaban J connectivity index is 2.40. The van der Waals surface area contributed by atoms with Crippen molar-refractivity contribution in [3.8, 4) is 5.75 Å². The number of unbranched alkanes of at least 4 members (excludes halogenated alkanes) is 1. The van der Waals surface area contributed by atoms with E-state index in [1.54, 1.807) is 13.8 Å². The number of carbonyl (C=O) groups excluding carboxylic acids is 2. The number of hydrogen-bond acceptors (Lipinski definition) is 6. The molecule has 0 radical (unpaired) electrons. The van der Waals surface area contributed by atoms with Gasteiger partial charge in [0.25, 0.3) is 5.91 Å². The standard InChI is InChI=1S/C23H34Cl2NO7P/c1-5-16(4)23(29)18-9-10-19(22(25)21(18)24)32-14-20(28)26-11-7-6-8-17(12-27)13-33-34(30,31)15(2)3/h9-10,15,17,27H,4-8,11-14H2,1-3H3,(H,26,28)(H,30,31). The monoisotopic (exact) mass is 537 g/mol. The Kier molecular flexibility index (Phi) is 13.4. The Morgan fingerprint density at radius 2 is 1.88 bits per heavy atom. The minimum absolute atomic E-state index is 0.00290. The molecule has 0 saturated carbocycles. The molecule has 0 spiro atoms. The number of aliphatic hydroxyl groups is 1. The molecule has 8 nitrogen and oxygen atoms in total. The zero-order valence-electron chi connectivity index (χ0n) is 19.8. The molecule has 1 rings (SSSR count). The predicted molar refractivity (Wildman–Crippen MR) is 134 cm³/mol. The number of ketones is 1. The van der Waals surface area contributed by atoms with Gasteiger partial charge >= 0.3 is 7.60 Å². The quantitative estimate of drug-likeness (QED) is 0.117. The summed E-state index contributed by atoms with van der Waals surface area (Å²) in [5.74, 6) is -0.714. The minimum atomic E-state index is -3.66. The summed E-state index contributed by atoms with van der Waals surface area (Å²) in [5.41, 5.74) is 0.136. The maximum atomic E-state index is 12.3. The zero-order valence-corrected chi connectivity index (χ0v) is 22.2.